The fraction of sp³-hybridized carbons (Fsp3) is 0.273. The van der Waals surface area contributed by atoms with E-state index in [9.17, 15) is 22.8 Å². The molecule has 0 fully saturated rings. The summed E-state index contributed by atoms with van der Waals surface area (Å²) in [7, 11) is 0. The largest absolute Gasteiger partial charge is 0.475 e. The molecule has 1 aliphatic heterocycles. The van der Waals surface area contributed by atoms with Crippen LogP contribution in [0.5, 0.6) is 5.88 Å². The Morgan fingerprint density at radius 3 is 2.48 bits per heavy atom. The van der Waals surface area contributed by atoms with E-state index in [-0.39, 0.29) is 36.0 Å². The zero-order chi connectivity index (χ0) is 23.9. The van der Waals surface area contributed by atoms with Crippen LogP contribution in [0.3, 0.4) is 0 Å². The first kappa shape index (κ1) is 22.3. The molecule has 1 aromatic carbocycles. The lowest BCUT2D eigenvalue weighted by atomic mass is 9.95. The number of halogens is 3. The molecule has 0 bridgehead atoms. The fourth-order valence-electron chi connectivity index (χ4n) is 3.98. The molecule has 2 aromatic heterocycles. The molecule has 8 nitrogen and oxygen atoms in total. The molecule has 2 N–H and O–H groups in total. The Morgan fingerprint density at radius 2 is 1.82 bits per heavy atom. The molecule has 3 heterocycles. The molecule has 11 heteroatoms. The number of nitrogen functional groups attached to an aromatic ring is 1. The van der Waals surface area contributed by atoms with Crippen LogP contribution in [-0.2, 0) is 6.54 Å². The van der Waals surface area contributed by atoms with Gasteiger partial charge in [-0.25, -0.2) is 9.97 Å². The van der Waals surface area contributed by atoms with E-state index in [1.165, 1.54) is 23.4 Å². The molecule has 4 rings (SSSR count). The number of hydrogen-bond acceptors (Lipinski definition) is 6. The van der Waals surface area contributed by atoms with Gasteiger partial charge in [-0.2, -0.15) is 13.2 Å². The van der Waals surface area contributed by atoms with Crippen molar-refractivity contribution in [3.05, 3.63) is 63.8 Å². The lowest BCUT2D eigenvalue weighted by Crippen LogP contribution is -2.33. The Labute approximate surface area is 186 Å². The highest BCUT2D eigenvalue weighted by atomic mass is 19.4. The van der Waals surface area contributed by atoms with E-state index in [0.29, 0.717) is 26.9 Å². The summed E-state index contributed by atoms with van der Waals surface area (Å²) in [5.41, 5.74) is 7.65. The van der Waals surface area contributed by atoms with Crippen molar-refractivity contribution in [2.75, 3.05) is 23.8 Å². The first-order chi connectivity index (χ1) is 15.6. The van der Waals surface area contributed by atoms with Crippen molar-refractivity contribution in [1.82, 2.24) is 14.5 Å². The van der Waals surface area contributed by atoms with Crippen LogP contribution in [0.15, 0.2) is 41.6 Å². The van der Waals surface area contributed by atoms with Crippen molar-refractivity contribution in [2.24, 2.45) is 0 Å². The normalized spacial score (nSPS) is 14.0. The van der Waals surface area contributed by atoms with Gasteiger partial charge in [0, 0.05) is 17.4 Å². The maximum atomic E-state index is 13.2. The molecule has 0 atom stereocenters. The lowest BCUT2D eigenvalue weighted by molar-refractivity contribution is -0.141. The zero-order valence-corrected chi connectivity index (χ0v) is 17.8. The molecule has 0 spiro atoms. The third kappa shape index (κ3) is 4.26. The minimum atomic E-state index is -4.52. The van der Waals surface area contributed by atoms with Gasteiger partial charge in [-0.3, -0.25) is 9.59 Å². The van der Waals surface area contributed by atoms with Gasteiger partial charge < -0.3 is 19.9 Å². The van der Waals surface area contributed by atoms with Gasteiger partial charge in [-0.05, 0) is 54.8 Å². The highest BCUT2D eigenvalue weighted by molar-refractivity contribution is 6.10. The first-order valence-corrected chi connectivity index (χ1v) is 10.00. The summed E-state index contributed by atoms with van der Waals surface area (Å²) in [6.45, 7) is 2.49. The third-order valence-corrected chi connectivity index (χ3v) is 5.32. The summed E-state index contributed by atoms with van der Waals surface area (Å²) in [6, 6.07) is 6.30. The number of ether oxygens (including phenoxy) is 1. The quantitative estimate of drug-likeness (QED) is 0.646. The highest BCUT2D eigenvalue weighted by Crippen LogP contribution is 2.33. The average molecular weight is 459 g/mol. The number of nitrogens with two attached hydrogens (primary N) is 1. The first-order valence-electron chi connectivity index (χ1n) is 10.00. The summed E-state index contributed by atoms with van der Waals surface area (Å²) in [5.74, 6) is -0.328. The number of benzene rings is 1. The molecule has 0 saturated heterocycles. The molecule has 172 valence electrons. The molecule has 0 unspecified atom stereocenters. The van der Waals surface area contributed by atoms with E-state index in [1.807, 2.05) is 0 Å². The van der Waals surface area contributed by atoms with Crippen LogP contribution in [0.25, 0.3) is 11.1 Å². The van der Waals surface area contributed by atoms with Crippen molar-refractivity contribution < 1.29 is 22.7 Å². The van der Waals surface area contributed by atoms with Crippen LogP contribution in [0.2, 0.25) is 0 Å². The molecule has 33 heavy (non-hydrogen) atoms. The monoisotopic (exact) mass is 459 g/mol. The van der Waals surface area contributed by atoms with Gasteiger partial charge in [0.15, 0.2) is 0 Å². The summed E-state index contributed by atoms with van der Waals surface area (Å²) in [6.07, 6.45) is -2.20. The van der Waals surface area contributed by atoms with Gasteiger partial charge in [0.25, 0.3) is 11.5 Å². The number of aryl methyl sites for hydroxylation is 2. The molecule has 0 aliphatic carbocycles. The molecule has 1 aliphatic rings. The van der Waals surface area contributed by atoms with Crippen LogP contribution in [-0.4, -0.2) is 39.8 Å². The summed E-state index contributed by atoms with van der Waals surface area (Å²) in [5, 5.41) is 0. The predicted octanol–water partition coefficient (Wildman–Crippen LogP) is 3.11. The van der Waals surface area contributed by atoms with Crippen LogP contribution in [0.1, 0.15) is 21.5 Å². The number of fused-ring (bicyclic) bond motifs is 1. The zero-order valence-electron chi connectivity index (χ0n) is 17.8. The van der Waals surface area contributed by atoms with Gasteiger partial charge in [-0.15, -0.1) is 0 Å². The van der Waals surface area contributed by atoms with Crippen LogP contribution >= 0.6 is 0 Å². The highest BCUT2D eigenvalue weighted by Gasteiger charge is 2.30. The number of carbonyl (C=O) groups is 1. The van der Waals surface area contributed by atoms with E-state index in [1.54, 1.807) is 26.0 Å². The fourth-order valence-corrected chi connectivity index (χ4v) is 3.98. The number of rotatable bonds is 3. The Morgan fingerprint density at radius 1 is 1.12 bits per heavy atom. The molecule has 0 radical (unpaired) electrons. The van der Waals surface area contributed by atoms with E-state index in [2.05, 4.69) is 9.97 Å². The van der Waals surface area contributed by atoms with E-state index >= 15 is 0 Å². The predicted molar refractivity (Wildman–Crippen MR) is 115 cm³/mol. The maximum Gasteiger partial charge on any atom is 0.406 e. The van der Waals surface area contributed by atoms with Crippen molar-refractivity contribution in [3.8, 4) is 17.0 Å². The second kappa shape index (κ2) is 8.23. The minimum Gasteiger partial charge on any atom is -0.475 e. The van der Waals surface area contributed by atoms with Crippen molar-refractivity contribution in [2.45, 2.75) is 26.6 Å². The standard InChI is InChI=1S/C22H20F3N5O3/c1-12-8-14(30-6-7-33-19-17(21(30)32)18(26)27-11-28-19)9-13(2)16(12)15-4-3-5-29(20(15)31)10-22(23,24)25/h3-5,8-9,11H,6-7,10H2,1-2H3,(H2,26,27,28). The molecule has 0 saturated carbocycles. The molecule has 3 aromatic rings. The smallest absolute Gasteiger partial charge is 0.406 e. The van der Waals surface area contributed by atoms with Crippen molar-refractivity contribution >= 4 is 17.4 Å². The Hall–Kier alpha value is -3.89. The number of anilines is 2. The summed E-state index contributed by atoms with van der Waals surface area (Å²) < 4.78 is 44.7. The van der Waals surface area contributed by atoms with Gasteiger partial charge in [0.2, 0.25) is 5.88 Å². The minimum absolute atomic E-state index is 0.00327. The molecule has 1 amide bonds. The van der Waals surface area contributed by atoms with Gasteiger partial charge in [0.1, 0.15) is 30.9 Å². The Balaban J connectivity index is 1.77. The van der Waals surface area contributed by atoms with Crippen LogP contribution < -0.4 is 20.9 Å². The van der Waals surface area contributed by atoms with Gasteiger partial charge >= 0.3 is 6.18 Å². The molecular formula is C22H20F3N5O3. The van der Waals surface area contributed by atoms with Gasteiger partial charge in [0.05, 0.1) is 6.54 Å². The number of alkyl halides is 3. The second-order valence-corrected chi connectivity index (χ2v) is 7.67. The number of hydrogen-bond donors (Lipinski definition) is 1. The number of carbonyl (C=O) groups excluding carboxylic acids is 1. The van der Waals surface area contributed by atoms with E-state index in [4.69, 9.17) is 10.5 Å². The summed E-state index contributed by atoms with van der Waals surface area (Å²) in [4.78, 5) is 35.3. The number of pyridine rings is 1. The number of nitrogens with zero attached hydrogens (tertiary/aromatic N) is 4. The lowest BCUT2D eigenvalue weighted by Gasteiger charge is -2.23. The van der Waals surface area contributed by atoms with Crippen LogP contribution in [0.4, 0.5) is 24.7 Å². The Bertz CT molecular complexity index is 1280. The van der Waals surface area contributed by atoms with Crippen LogP contribution in [0, 0.1) is 13.8 Å². The maximum absolute atomic E-state index is 13.2. The summed E-state index contributed by atoms with van der Waals surface area (Å²) >= 11 is 0. The van der Waals surface area contributed by atoms with Crippen molar-refractivity contribution in [3.63, 3.8) is 0 Å². The average Bonchev–Trinajstić information content (AvgIpc) is 2.88. The number of amides is 1. The van der Waals surface area contributed by atoms with E-state index < -0.39 is 24.2 Å². The molecular weight excluding hydrogens is 439 g/mol. The van der Waals surface area contributed by atoms with Gasteiger partial charge in [-0.1, -0.05) is 0 Å². The second-order valence-electron chi connectivity index (χ2n) is 7.67. The number of aromatic nitrogens is 3. The van der Waals surface area contributed by atoms with E-state index in [0.717, 1.165) is 6.20 Å². The Kier molecular flexibility index (Phi) is 5.56. The topological polar surface area (TPSA) is 103 Å². The van der Waals surface area contributed by atoms with Crippen molar-refractivity contribution in [1.29, 1.82) is 0 Å². The third-order valence-electron chi connectivity index (χ3n) is 5.32. The SMILES string of the molecule is Cc1cc(N2CCOc3ncnc(N)c3C2=O)cc(C)c1-c1cccn(CC(F)(F)F)c1=O.